The van der Waals surface area contributed by atoms with Crippen LogP contribution >= 0.6 is 46.2 Å². The van der Waals surface area contributed by atoms with Crippen LogP contribution in [0.4, 0.5) is 5.13 Å². The molecular formula is C21H24N8O5S4. The Morgan fingerprint density at radius 3 is 2.89 bits per heavy atom. The Hall–Kier alpha value is -2.73. The van der Waals surface area contributed by atoms with Crippen molar-refractivity contribution >= 4 is 74.8 Å². The van der Waals surface area contributed by atoms with Gasteiger partial charge in [-0.25, -0.2) is 4.98 Å². The van der Waals surface area contributed by atoms with E-state index < -0.39 is 28.7 Å². The molecule has 2 amide bonds. The number of nitrogen functional groups attached to an aromatic ring is 1. The van der Waals surface area contributed by atoms with Crippen LogP contribution in [0.25, 0.3) is 0 Å². The Kier molecular flexibility index (Phi) is 7.90. The molecule has 5 rings (SSSR count). The smallest absolute Gasteiger partial charge is 0.313 e. The number of hydrogen-bond donors (Lipinski definition) is 4. The molecule has 0 saturated carbocycles. The van der Waals surface area contributed by atoms with Crippen LogP contribution in [0.1, 0.15) is 23.5 Å². The lowest BCUT2D eigenvalue weighted by molar-refractivity contribution is -0.157. The van der Waals surface area contributed by atoms with Crippen LogP contribution in [0.2, 0.25) is 0 Å². The molecule has 4 heterocycles. The minimum Gasteiger partial charge on any atom is -0.481 e. The molecule has 3 unspecified atom stereocenters. The molecule has 0 aromatic carbocycles. The number of fused-ring (bicyclic) bond motifs is 1. The van der Waals surface area contributed by atoms with Gasteiger partial charge in [0, 0.05) is 30.0 Å². The molecule has 13 nitrogen and oxygen atoms in total. The summed E-state index contributed by atoms with van der Waals surface area (Å²) in [4.78, 5) is 49.7. The minimum atomic E-state index is -1.17. The number of nitrogens with one attached hydrogen (secondary N) is 1. The fraction of sp³-hybridized carbons (Fsp3) is 0.476. The third-order valence-electron chi connectivity index (χ3n) is 6.21. The fourth-order valence-electron chi connectivity index (χ4n) is 4.11. The van der Waals surface area contributed by atoms with E-state index in [1.807, 2.05) is 12.2 Å². The lowest BCUT2D eigenvalue weighted by atomic mass is 9.89. The van der Waals surface area contributed by atoms with Crippen molar-refractivity contribution in [1.82, 2.24) is 25.4 Å². The van der Waals surface area contributed by atoms with Crippen LogP contribution in [-0.2, 0) is 25.8 Å². The zero-order chi connectivity index (χ0) is 26.9. The van der Waals surface area contributed by atoms with Gasteiger partial charge in [0.15, 0.2) is 15.2 Å². The fourth-order valence-corrected chi connectivity index (χ4v) is 8.29. The van der Waals surface area contributed by atoms with Gasteiger partial charge in [0.25, 0.3) is 5.91 Å². The highest BCUT2D eigenvalue weighted by Crippen LogP contribution is 2.44. The number of thiazole rings is 1. The van der Waals surface area contributed by atoms with Gasteiger partial charge in [0.1, 0.15) is 33.6 Å². The number of rotatable bonds is 10. The standard InChI is InChI=1S/C21H24N8O5S4/c22-5-12-26-27-20(38-12)37-9-21(18(32)33)7-29-16(31)14(17(29)36-8-21)25-15(30)13(11-6-35-19(23)24-11)28-34-10-3-1-2-4-10/h1,3,6,10,14,17H,2,4-5,7-9,22H2,(H2,23,24)(H,25,30)(H,32,33)/t10?,14?,17-,21?/m1/s1. The molecule has 0 bridgehead atoms. The van der Waals surface area contributed by atoms with Crippen LogP contribution in [0.3, 0.4) is 0 Å². The molecule has 1 aliphatic carbocycles. The van der Waals surface area contributed by atoms with Crippen LogP contribution < -0.4 is 16.8 Å². The third-order valence-corrected chi connectivity index (χ3v) is 10.8. The number of nitrogens with zero attached hydrogens (tertiary/aromatic N) is 5. The maximum absolute atomic E-state index is 13.2. The van der Waals surface area contributed by atoms with Crippen LogP contribution in [-0.4, -0.2) is 84.3 Å². The predicted octanol–water partition coefficient (Wildman–Crippen LogP) is 0.738. The number of anilines is 1. The highest BCUT2D eigenvalue weighted by Gasteiger charge is 2.57. The maximum Gasteiger partial charge on any atom is 0.313 e. The molecule has 2 aliphatic heterocycles. The highest BCUT2D eigenvalue weighted by atomic mass is 32.2. The van der Waals surface area contributed by atoms with Crippen molar-refractivity contribution in [2.24, 2.45) is 16.3 Å². The summed E-state index contributed by atoms with van der Waals surface area (Å²) in [5.74, 6) is -1.48. The van der Waals surface area contributed by atoms with Crippen LogP contribution in [0, 0.1) is 5.41 Å². The van der Waals surface area contributed by atoms with E-state index >= 15 is 0 Å². The number of allylic oxidation sites excluding steroid dienone is 1. The van der Waals surface area contributed by atoms with Gasteiger partial charge in [0.05, 0.1) is 0 Å². The van der Waals surface area contributed by atoms with E-state index in [1.165, 1.54) is 39.8 Å². The summed E-state index contributed by atoms with van der Waals surface area (Å²) in [5.41, 5.74) is 10.3. The van der Waals surface area contributed by atoms with Crippen molar-refractivity contribution in [3.05, 3.63) is 28.2 Å². The second kappa shape index (κ2) is 11.2. The van der Waals surface area contributed by atoms with Gasteiger partial charge in [-0.05, 0) is 18.9 Å². The number of carboxylic acid groups (broad SMARTS) is 1. The summed E-state index contributed by atoms with van der Waals surface area (Å²) in [6.45, 7) is 0.294. The monoisotopic (exact) mass is 596 g/mol. The van der Waals surface area contributed by atoms with Crippen molar-refractivity contribution in [2.45, 2.75) is 41.2 Å². The lowest BCUT2D eigenvalue weighted by Gasteiger charge is -2.53. The molecule has 202 valence electrons. The summed E-state index contributed by atoms with van der Waals surface area (Å²) in [5, 5.41) is 27.0. The Morgan fingerprint density at radius 1 is 1.39 bits per heavy atom. The van der Waals surface area contributed by atoms with E-state index in [0.29, 0.717) is 9.35 Å². The number of nitrogens with two attached hydrogens (primary N) is 2. The van der Waals surface area contributed by atoms with Crippen molar-refractivity contribution in [3.63, 3.8) is 0 Å². The van der Waals surface area contributed by atoms with E-state index in [9.17, 15) is 19.5 Å². The SMILES string of the molecule is NCc1nnc(SCC2(C(=O)O)CS[C@@H]3C(NC(=O)C(=NOC4C=CCC4)c4csc(N)n4)C(=O)N3C2)s1. The zero-order valence-corrected chi connectivity index (χ0v) is 23.1. The van der Waals surface area contributed by atoms with Crippen molar-refractivity contribution in [3.8, 4) is 0 Å². The summed E-state index contributed by atoms with van der Waals surface area (Å²) in [7, 11) is 0. The Labute approximate surface area is 233 Å². The number of carbonyl (C=O) groups is 3. The molecule has 2 fully saturated rings. The number of carboxylic acids is 1. The predicted molar refractivity (Wildman–Crippen MR) is 145 cm³/mol. The Morgan fingerprint density at radius 2 is 2.24 bits per heavy atom. The first-order chi connectivity index (χ1) is 18.3. The van der Waals surface area contributed by atoms with Gasteiger partial charge in [0.2, 0.25) is 5.91 Å². The van der Waals surface area contributed by atoms with Crippen LogP contribution in [0.15, 0.2) is 27.0 Å². The van der Waals surface area contributed by atoms with Crippen molar-refractivity contribution in [1.29, 1.82) is 0 Å². The zero-order valence-electron chi connectivity index (χ0n) is 19.8. The summed E-state index contributed by atoms with van der Waals surface area (Å²) >= 11 is 5.09. The second-order valence-corrected chi connectivity index (χ2v) is 13.1. The largest absolute Gasteiger partial charge is 0.481 e. The number of amides is 2. The lowest BCUT2D eigenvalue weighted by Crippen LogP contribution is -2.74. The van der Waals surface area contributed by atoms with Gasteiger partial charge >= 0.3 is 5.97 Å². The van der Waals surface area contributed by atoms with Crippen molar-refractivity contribution in [2.75, 3.05) is 23.8 Å². The molecule has 6 N–H and O–H groups in total. The molecule has 17 heteroatoms. The number of thioether (sulfide) groups is 2. The molecule has 2 aromatic rings. The number of aliphatic carboxylic acids is 1. The van der Waals surface area contributed by atoms with Crippen molar-refractivity contribution < 1.29 is 24.3 Å². The Balaban J connectivity index is 1.25. The summed E-state index contributed by atoms with van der Waals surface area (Å²) in [6, 6.07) is -0.824. The molecule has 0 radical (unpaired) electrons. The number of β-lactam (4-membered cyclic amide) rings is 1. The first-order valence-corrected chi connectivity index (χ1v) is 15.3. The number of carbonyl (C=O) groups excluding carboxylic acids is 2. The van der Waals surface area contributed by atoms with E-state index in [0.717, 1.165) is 24.2 Å². The van der Waals surface area contributed by atoms with Crippen LogP contribution in [0.5, 0.6) is 0 Å². The molecule has 2 aromatic heterocycles. The minimum absolute atomic E-state index is 0.0292. The first kappa shape index (κ1) is 26.9. The molecule has 3 aliphatic rings. The Bertz CT molecular complexity index is 1300. The van der Waals surface area contributed by atoms with Gasteiger partial charge in [-0.1, -0.05) is 34.3 Å². The average Bonchev–Trinajstić information content (AvgIpc) is 3.68. The average molecular weight is 597 g/mol. The molecule has 4 atom stereocenters. The van der Waals surface area contributed by atoms with E-state index in [1.54, 1.807) is 5.38 Å². The quantitative estimate of drug-likeness (QED) is 0.0987. The normalized spacial score (nSPS) is 26.7. The molecule has 2 saturated heterocycles. The summed E-state index contributed by atoms with van der Waals surface area (Å²) < 4.78 is 0.628. The molecular weight excluding hydrogens is 573 g/mol. The number of hydrogen-bond acceptors (Lipinski definition) is 14. The second-order valence-electron chi connectivity index (χ2n) is 8.82. The number of oxime groups is 1. The van der Waals surface area contributed by atoms with E-state index in [-0.39, 0.29) is 53.1 Å². The summed E-state index contributed by atoms with van der Waals surface area (Å²) in [6.07, 6.45) is 5.22. The van der Waals surface area contributed by atoms with Gasteiger partial charge < -0.3 is 31.6 Å². The van der Waals surface area contributed by atoms with E-state index in [4.69, 9.17) is 16.3 Å². The van der Waals surface area contributed by atoms with Gasteiger partial charge in [-0.2, -0.15) is 0 Å². The maximum atomic E-state index is 13.2. The molecule has 0 spiro atoms. The first-order valence-electron chi connectivity index (χ1n) is 11.5. The van der Waals surface area contributed by atoms with Gasteiger partial charge in [-0.15, -0.1) is 33.3 Å². The molecule has 38 heavy (non-hydrogen) atoms. The third kappa shape index (κ3) is 5.38. The topological polar surface area (TPSA) is 199 Å². The highest BCUT2D eigenvalue weighted by molar-refractivity contribution is 8.01. The van der Waals surface area contributed by atoms with E-state index in [2.05, 4.69) is 25.7 Å². The van der Waals surface area contributed by atoms with Gasteiger partial charge in [-0.3, -0.25) is 14.4 Å². The number of aromatic nitrogens is 3.